The number of hydrogen-bond donors (Lipinski definition) is 1. The third kappa shape index (κ3) is 3.28. The highest BCUT2D eigenvalue weighted by Gasteiger charge is 2.26. The molecule has 0 aliphatic carbocycles. The average molecular weight is 406 g/mol. The first-order chi connectivity index (χ1) is 14.6. The van der Waals surface area contributed by atoms with Crippen molar-refractivity contribution in [1.29, 1.82) is 0 Å². The number of carbonyl (C=O) groups excluding carboxylic acids is 1. The summed E-state index contributed by atoms with van der Waals surface area (Å²) in [7, 11) is 0. The summed E-state index contributed by atoms with van der Waals surface area (Å²) in [6.45, 7) is 5.40. The molecule has 1 amide bonds. The topological polar surface area (TPSA) is 74.2 Å². The molecule has 4 heterocycles. The van der Waals surface area contributed by atoms with Crippen LogP contribution in [0.15, 0.2) is 41.3 Å². The minimum Gasteiger partial charge on any atom is -0.356 e. The molecule has 2 saturated heterocycles. The number of amides is 1. The fraction of sp³-hybridized carbons (Fsp3) is 0.435. The number of benzene rings is 1. The van der Waals surface area contributed by atoms with Crippen molar-refractivity contribution in [2.24, 2.45) is 0 Å². The molecule has 1 aromatic carbocycles. The van der Waals surface area contributed by atoms with Gasteiger partial charge >= 0.3 is 5.69 Å². The van der Waals surface area contributed by atoms with E-state index in [1.165, 1.54) is 0 Å². The van der Waals surface area contributed by atoms with E-state index in [0.29, 0.717) is 5.56 Å². The molecule has 156 valence electrons. The summed E-state index contributed by atoms with van der Waals surface area (Å²) >= 11 is 0. The van der Waals surface area contributed by atoms with Gasteiger partial charge in [-0.05, 0) is 56.4 Å². The van der Waals surface area contributed by atoms with Crippen LogP contribution in [0.3, 0.4) is 0 Å². The molecule has 1 N–H and O–H groups in total. The summed E-state index contributed by atoms with van der Waals surface area (Å²) in [4.78, 5) is 36.9. The van der Waals surface area contributed by atoms with Gasteiger partial charge in [0.15, 0.2) is 0 Å². The average Bonchev–Trinajstić information content (AvgIpc) is 3.41. The molecule has 0 bridgehead atoms. The Morgan fingerprint density at radius 2 is 1.83 bits per heavy atom. The molecule has 0 unspecified atom stereocenters. The van der Waals surface area contributed by atoms with E-state index < -0.39 is 0 Å². The Morgan fingerprint density at radius 1 is 1.10 bits per heavy atom. The van der Waals surface area contributed by atoms with Gasteiger partial charge in [0.1, 0.15) is 5.82 Å². The Hall–Kier alpha value is -3.09. The van der Waals surface area contributed by atoms with Crippen molar-refractivity contribution >= 4 is 22.8 Å². The molecule has 7 nitrogen and oxygen atoms in total. The predicted octanol–water partition coefficient (Wildman–Crippen LogP) is 3.11. The first-order valence-corrected chi connectivity index (χ1v) is 10.8. The van der Waals surface area contributed by atoms with E-state index in [-0.39, 0.29) is 17.6 Å². The Balaban J connectivity index is 1.31. The second-order valence-corrected chi connectivity index (χ2v) is 8.40. The molecule has 2 aliphatic heterocycles. The summed E-state index contributed by atoms with van der Waals surface area (Å²) in [6, 6.07) is 10.0. The first-order valence-electron chi connectivity index (χ1n) is 10.8. The van der Waals surface area contributed by atoms with E-state index in [0.717, 1.165) is 74.3 Å². The third-order valence-corrected chi connectivity index (χ3v) is 6.44. The zero-order valence-electron chi connectivity index (χ0n) is 17.3. The fourth-order valence-corrected chi connectivity index (χ4v) is 4.89. The number of rotatable bonds is 3. The lowest BCUT2D eigenvalue weighted by atomic mass is 10.0. The molecule has 3 aromatic rings. The van der Waals surface area contributed by atoms with E-state index in [1.54, 1.807) is 6.20 Å². The lowest BCUT2D eigenvalue weighted by Crippen LogP contribution is -2.38. The molecule has 2 aromatic heterocycles. The second-order valence-electron chi connectivity index (χ2n) is 8.40. The largest absolute Gasteiger partial charge is 0.356 e. The number of imidazole rings is 1. The lowest BCUT2D eigenvalue weighted by molar-refractivity contribution is 0.0792. The van der Waals surface area contributed by atoms with Crippen molar-refractivity contribution < 1.29 is 4.79 Å². The Kier molecular flexibility index (Phi) is 4.81. The van der Waals surface area contributed by atoms with Crippen molar-refractivity contribution in [2.45, 2.75) is 38.6 Å². The molecule has 5 rings (SSSR count). The van der Waals surface area contributed by atoms with Gasteiger partial charge in [-0.3, -0.25) is 9.36 Å². The zero-order chi connectivity index (χ0) is 20.7. The predicted molar refractivity (Wildman–Crippen MR) is 117 cm³/mol. The number of H-pyrrole nitrogens is 1. The number of pyridine rings is 1. The van der Waals surface area contributed by atoms with Gasteiger partial charge in [-0.1, -0.05) is 12.1 Å². The highest BCUT2D eigenvalue weighted by Crippen LogP contribution is 2.29. The minimum absolute atomic E-state index is 0.0336. The number of likely N-dealkylation sites (tertiary alicyclic amines) is 1. The van der Waals surface area contributed by atoms with E-state index in [1.807, 2.05) is 46.7 Å². The Bertz CT molecular complexity index is 1130. The first kappa shape index (κ1) is 18.9. The van der Waals surface area contributed by atoms with E-state index >= 15 is 0 Å². The van der Waals surface area contributed by atoms with Gasteiger partial charge in [-0.15, -0.1) is 0 Å². The van der Waals surface area contributed by atoms with E-state index in [4.69, 9.17) is 0 Å². The van der Waals surface area contributed by atoms with Crippen LogP contribution in [0, 0.1) is 6.92 Å². The minimum atomic E-state index is -0.0336. The number of anilines is 1. The number of fused-ring (bicyclic) bond motifs is 1. The van der Waals surface area contributed by atoms with Gasteiger partial charge in [0.2, 0.25) is 0 Å². The molecule has 0 radical (unpaired) electrons. The van der Waals surface area contributed by atoms with Crippen LogP contribution in [0.4, 0.5) is 5.82 Å². The molecule has 7 heteroatoms. The smallest absolute Gasteiger partial charge is 0.326 e. The van der Waals surface area contributed by atoms with Gasteiger partial charge in [0.25, 0.3) is 5.91 Å². The fourth-order valence-electron chi connectivity index (χ4n) is 4.89. The van der Waals surface area contributed by atoms with Crippen molar-refractivity contribution in [2.75, 3.05) is 31.1 Å². The zero-order valence-corrected chi connectivity index (χ0v) is 17.3. The molecule has 2 fully saturated rings. The number of aromatic amines is 1. The van der Waals surface area contributed by atoms with Crippen LogP contribution in [-0.2, 0) is 0 Å². The summed E-state index contributed by atoms with van der Waals surface area (Å²) in [5.41, 5.74) is 3.54. The normalized spacial score (nSPS) is 17.8. The highest BCUT2D eigenvalue weighted by molar-refractivity contribution is 5.94. The maximum absolute atomic E-state index is 12.6. The maximum atomic E-state index is 12.6. The number of aryl methyl sites for hydroxylation is 1. The molecule has 0 atom stereocenters. The van der Waals surface area contributed by atoms with E-state index in [9.17, 15) is 9.59 Å². The lowest BCUT2D eigenvalue weighted by Gasteiger charge is -2.34. The van der Waals surface area contributed by atoms with Crippen molar-refractivity contribution in [3.05, 3.63) is 58.1 Å². The van der Waals surface area contributed by atoms with Gasteiger partial charge < -0.3 is 14.8 Å². The number of piperidine rings is 1. The molecule has 0 spiro atoms. The monoisotopic (exact) mass is 405 g/mol. The quantitative estimate of drug-likeness (QED) is 0.727. The van der Waals surface area contributed by atoms with Gasteiger partial charge in [0.05, 0.1) is 16.6 Å². The highest BCUT2D eigenvalue weighted by atomic mass is 16.2. The summed E-state index contributed by atoms with van der Waals surface area (Å²) in [5.74, 6) is 1.03. The Labute approximate surface area is 175 Å². The van der Waals surface area contributed by atoms with Crippen LogP contribution < -0.4 is 10.6 Å². The molecule has 0 saturated carbocycles. The van der Waals surface area contributed by atoms with Crippen LogP contribution >= 0.6 is 0 Å². The number of aromatic nitrogens is 3. The van der Waals surface area contributed by atoms with Crippen LogP contribution in [0.1, 0.15) is 47.6 Å². The Morgan fingerprint density at radius 3 is 2.57 bits per heavy atom. The van der Waals surface area contributed by atoms with Crippen LogP contribution in [0.5, 0.6) is 0 Å². The van der Waals surface area contributed by atoms with Crippen molar-refractivity contribution in [3.8, 4) is 0 Å². The van der Waals surface area contributed by atoms with Crippen LogP contribution in [0.25, 0.3) is 11.0 Å². The SMILES string of the molecule is Cc1cc(C(=O)N2CCCC2)cnc1N1CCC(n2c(=O)[nH]c3ccccc32)CC1. The van der Waals surface area contributed by atoms with E-state index in [2.05, 4.69) is 14.9 Å². The third-order valence-electron chi connectivity index (χ3n) is 6.44. The summed E-state index contributed by atoms with van der Waals surface area (Å²) < 4.78 is 1.91. The number of carbonyl (C=O) groups is 1. The number of nitrogens with zero attached hydrogens (tertiary/aromatic N) is 4. The molecular formula is C23H27N5O2. The van der Waals surface area contributed by atoms with Crippen LogP contribution in [0.2, 0.25) is 0 Å². The number of para-hydroxylation sites is 2. The van der Waals surface area contributed by atoms with Gasteiger partial charge in [0, 0.05) is 38.4 Å². The standard InChI is InChI=1S/C23H27N5O2/c1-16-14-17(22(29)27-10-4-5-11-27)15-24-21(16)26-12-8-18(9-13-26)28-20-7-3-2-6-19(20)25-23(28)30/h2-3,6-7,14-15,18H,4-5,8-13H2,1H3,(H,25,30). The number of nitrogens with one attached hydrogen (secondary N) is 1. The second kappa shape index (κ2) is 7.63. The number of hydrogen-bond acceptors (Lipinski definition) is 4. The molecule has 30 heavy (non-hydrogen) atoms. The summed E-state index contributed by atoms with van der Waals surface area (Å²) in [6.07, 6.45) is 5.67. The molecular weight excluding hydrogens is 378 g/mol. The summed E-state index contributed by atoms with van der Waals surface area (Å²) in [5, 5.41) is 0. The van der Waals surface area contributed by atoms with Crippen molar-refractivity contribution in [3.63, 3.8) is 0 Å². The van der Waals surface area contributed by atoms with Crippen LogP contribution in [-0.4, -0.2) is 51.5 Å². The van der Waals surface area contributed by atoms with Gasteiger partial charge in [-0.2, -0.15) is 0 Å². The molecule has 2 aliphatic rings. The maximum Gasteiger partial charge on any atom is 0.326 e. The van der Waals surface area contributed by atoms with Crippen molar-refractivity contribution in [1.82, 2.24) is 19.4 Å². The van der Waals surface area contributed by atoms with Gasteiger partial charge in [-0.25, -0.2) is 9.78 Å².